The maximum Gasteiger partial charge on any atom is 0.253 e. The smallest absolute Gasteiger partial charge is 0.253 e. The summed E-state index contributed by atoms with van der Waals surface area (Å²) in [4.78, 5) is 13.8. The number of rotatable bonds is 1. The van der Waals surface area contributed by atoms with Crippen LogP contribution in [0.3, 0.4) is 0 Å². The lowest BCUT2D eigenvalue weighted by Crippen LogP contribution is -2.27. The van der Waals surface area contributed by atoms with E-state index in [2.05, 4.69) is 0 Å². The third-order valence-electron chi connectivity index (χ3n) is 3.01. The van der Waals surface area contributed by atoms with Crippen LogP contribution in [0.2, 0.25) is 0 Å². The maximum atomic E-state index is 12.2. The van der Waals surface area contributed by atoms with Gasteiger partial charge in [-0.05, 0) is 18.2 Å². The molecule has 92 valence electrons. The molecule has 4 heteroatoms. The molecule has 1 heterocycles. The molecule has 0 saturated carbocycles. The van der Waals surface area contributed by atoms with Crippen LogP contribution < -0.4 is 10.6 Å². The lowest BCUT2D eigenvalue weighted by atomic mass is 10.1. The van der Waals surface area contributed by atoms with E-state index in [0.29, 0.717) is 0 Å². The van der Waals surface area contributed by atoms with E-state index in [-0.39, 0.29) is 18.3 Å². The van der Waals surface area contributed by atoms with Crippen LogP contribution in [0.4, 0.5) is 11.4 Å². The maximum absolute atomic E-state index is 12.2. The van der Waals surface area contributed by atoms with E-state index in [9.17, 15) is 4.79 Å². The van der Waals surface area contributed by atoms with Crippen LogP contribution in [0.5, 0.6) is 0 Å². The minimum atomic E-state index is -0.550. The Hall–Kier alpha value is -1.84. The third kappa shape index (κ3) is 1.78. The van der Waals surface area contributed by atoms with Crippen molar-refractivity contribution < 1.29 is 4.79 Å². The van der Waals surface area contributed by atoms with Crippen LogP contribution in [-0.2, 0) is 4.79 Å². The number of para-hydroxylation sites is 2. The molecular weight excluding hydrogens is 248 g/mol. The van der Waals surface area contributed by atoms with E-state index < -0.39 is 6.04 Å². The standard InChI is InChI=1S/C14H12N2O.ClH/c15-13-11-8-4-5-9-12(11)16(14(13)17)10-6-2-1-3-7-10;/h1-9,13H,15H2;1H. The zero-order valence-corrected chi connectivity index (χ0v) is 10.4. The van der Waals surface area contributed by atoms with Crippen molar-refractivity contribution in [2.45, 2.75) is 6.04 Å². The number of benzene rings is 2. The van der Waals surface area contributed by atoms with E-state index >= 15 is 0 Å². The summed E-state index contributed by atoms with van der Waals surface area (Å²) < 4.78 is 0. The highest BCUT2D eigenvalue weighted by Gasteiger charge is 2.35. The largest absolute Gasteiger partial charge is 0.316 e. The number of carbonyl (C=O) groups is 1. The van der Waals surface area contributed by atoms with Crippen LogP contribution in [0.25, 0.3) is 0 Å². The number of nitrogens with two attached hydrogens (primary N) is 1. The lowest BCUT2D eigenvalue weighted by Gasteiger charge is -2.17. The fraction of sp³-hybridized carbons (Fsp3) is 0.0714. The van der Waals surface area contributed by atoms with Gasteiger partial charge >= 0.3 is 0 Å². The topological polar surface area (TPSA) is 46.3 Å². The number of hydrogen-bond acceptors (Lipinski definition) is 2. The van der Waals surface area contributed by atoms with E-state index in [4.69, 9.17) is 5.73 Å². The number of amides is 1. The van der Waals surface area contributed by atoms with E-state index in [0.717, 1.165) is 16.9 Å². The Morgan fingerprint density at radius 2 is 1.56 bits per heavy atom. The molecule has 0 bridgehead atoms. The van der Waals surface area contributed by atoms with Gasteiger partial charge < -0.3 is 5.73 Å². The second-order valence-electron chi connectivity index (χ2n) is 4.05. The van der Waals surface area contributed by atoms with Crippen molar-refractivity contribution in [1.29, 1.82) is 0 Å². The van der Waals surface area contributed by atoms with Crippen LogP contribution in [0.15, 0.2) is 54.6 Å². The van der Waals surface area contributed by atoms with E-state index in [1.807, 2.05) is 54.6 Å². The van der Waals surface area contributed by atoms with Gasteiger partial charge in [-0.1, -0.05) is 36.4 Å². The molecule has 2 N–H and O–H groups in total. The van der Waals surface area contributed by atoms with Crippen LogP contribution in [0, 0.1) is 0 Å². The molecule has 0 aromatic heterocycles. The summed E-state index contributed by atoms with van der Waals surface area (Å²) in [6.07, 6.45) is 0. The minimum Gasteiger partial charge on any atom is -0.316 e. The molecule has 1 aliphatic heterocycles. The zero-order chi connectivity index (χ0) is 11.8. The normalized spacial score (nSPS) is 17.3. The quantitative estimate of drug-likeness (QED) is 0.857. The molecule has 0 radical (unpaired) electrons. The third-order valence-corrected chi connectivity index (χ3v) is 3.01. The first-order valence-corrected chi connectivity index (χ1v) is 5.52. The summed E-state index contributed by atoms with van der Waals surface area (Å²) in [5.41, 5.74) is 8.56. The molecule has 0 saturated heterocycles. The molecule has 2 aromatic rings. The summed E-state index contributed by atoms with van der Waals surface area (Å²) in [6.45, 7) is 0. The second kappa shape index (κ2) is 4.80. The number of halogens is 1. The molecule has 1 unspecified atom stereocenters. The summed E-state index contributed by atoms with van der Waals surface area (Å²) in [5, 5.41) is 0. The molecule has 0 spiro atoms. The zero-order valence-electron chi connectivity index (χ0n) is 9.61. The molecule has 3 nitrogen and oxygen atoms in total. The van der Waals surface area contributed by atoms with Gasteiger partial charge in [-0.2, -0.15) is 0 Å². The first-order chi connectivity index (χ1) is 8.29. The number of fused-ring (bicyclic) bond motifs is 1. The molecule has 0 fully saturated rings. The van der Waals surface area contributed by atoms with Crippen LogP contribution in [-0.4, -0.2) is 5.91 Å². The van der Waals surface area contributed by atoms with Crippen molar-refractivity contribution in [3.8, 4) is 0 Å². The van der Waals surface area contributed by atoms with Gasteiger partial charge in [0.15, 0.2) is 0 Å². The monoisotopic (exact) mass is 260 g/mol. The highest BCUT2D eigenvalue weighted by Crippen LogP contribution is 2.39. The SMILES string of the molecule is Cl.NC1C(=O)N(c2ccccc2)c2ccccc21. The summed E-state index contributed by atoms with van der Waals surface area (Å²) >= 11 is 0. The van der Waals surface area contributed by atoms with E-state index in [1.165, 1.54) is 0 Å². The van der Waals surface area contributed by atoms with Crippen molar-refractivity contribution >= 4 is 29.7 Å². The molecule has 0 aliphatic carbocycles. The number of carbonyl (C=O) groups excluding carboxylic acids is 1. The average Bonchev–Trinajstić information content (AvgIpc) is 2.64. The van der Waals surface area contributed by atoms with Gasteiger partial charge in [0.05, 0.1) is 5.69 Å². The highest BCUT2D eigenvalue weighted by molar-refractivity contribution is 6.09. The van der Waals surface area contributed by atoms with E-state index in [1.54, 1.807) is 4.90 Å². The van der Waals surface area contributed by atoms with Crippen LogP contribution >= 0.6 is 12.4 Å². The Balaban J connectivity index is 0.00000120. The average molecular weight is 261 g/mol. The minimum absolute atomic E-state index is 0. The van der Waals surface area contributed by atoms with Gasteiger partial charge in [-0.15, -0.1) is 12.4 Å². The Morgan fingerprint density at radius 3 is 2.28 bits per heavy atom. The predicted octanol–water partition coefficient (Wildman–Crippen LogP) is 2.79. The fourth-order valence-corrected chi connectivity index (χ4v) is 2.19. The van der Waals surface area contributed by atoms with Gasteiger partial charge in [0.25, 0.3) is 5.91 Å². The van der Waals surface area contributed by atoms with Crippen molar-refractivity contribution in [3.05, 3.63) is 60.2 Å². The van der Waals surface area contributed by atoms with Gasteiger partial charge in [0.2, 0.25) is 0 Å². The molecule has 1 atom stereocenters. The van der Waals surface area contributed by atoms with Crippen molar-refractivity contribution in [2.75, 3.05) is 4.90 Å². The highest BCUT2D eigenvalue weighted by atomic mass is 35.5. The predicted molar refractivity (Wildman–Crippen MR) is 74.2 cm³/mol. The fourth-order valence-electron chi connectivity index (χ4n) is 2.19. The molecular formula is C14H13ClN2O. The molecule has 1 aliphatic rings. The van der Waals surface area contributed by atoms with Crippen molar-refractivity contribution in [2.24, 2.45) is 5.73 Å². The Labute approximate surface area is 112 Å². The Kier molecular flexibility index (Phi) is 3.36. The molecule has 18 heavy (non-hydrogen) atoms. The Morgan fingerprint density at radius 1 is 0.944 bits per heavy atom. The summed E-state index contributed by atoms with van der Waals surface area (Å²) in [5.74, 6) is -0.0719. The summed E-state index contributed by atoms with van der Waals surface area (Å²) in [6, 6.07) is 16.7. The van der Waals surface area contributed by atoms with Gasteiger partial charge in [0.1, 0.15) is 6.04 Å². The first-order valence-electron chi connectivity index (χ1n) is 5.52. The second-order valence-corrected chi connectivity index (χ2v) is 4.05. The lowest BCUT2D eigenvalue weighted by molar-refractivity contribution is -0.118. The summed E-state index contributed by atoms with van der Waals surface area (Å²) in [7, 11) is 0. The number of nitrogens with zero attached hydrogens (tertiary/aromatic N) is 1. The molecule has 3 rings (SSSR count). The van der Waals surface area contributed by atoms with Gasteiger partial charge in [0, 0.05) is 11.3 Å². The molecule has 2 aromatic carbocycles. The van der Waals surface area contributed by atoms with Crippen LogP contribution in [0.1, 0.15) is 11.6 Å². The van der Waals surface area contributed by atoms with Crippen molar-refractivity contribution in [1.82, 2.24) is 0 Å². The first kappa shape index (κ1) is 12.6. The van der Waals surface area contributed by atoms with Crippen molar-refractivity contribution in [3.63, 3.8) is 0 Å². The molecule has 1 amide bonds. The Bertz CT molecular complexity index is 571. The number of hydrogen-bond donors (Lipinski definition) is 1. The number of anilines is 2. The van der Waals surface area contributed by atoms with Gasteiger partial charge in [-0.25, -0.2) is 0 Å². The van der Waals surface area contributed by atoms with Gasteiger partial charge in [-0.3, -0.25) is 9.69 Å².